The Kier molecular flexibility index (Phi) is 2.63. The second-order valence-corrected chi connectivity index (χ2v) is 4.35. The third-order valence-electron chi connectivity index (χ3n) is 3.13. The minimum atomic E-state index is -0.348. The molecule has 19 heavy (non-hydrogen) atoms. The fourth-order valence-corrected chi connectivity index (χ4v) is 2.24. The van der Waals surface area contributed by atoms with E-state index in [2.05, 4.69) is 0 Å². The summed E-state index contributed by atoms with van der Waals surface area (Å²) in [6, 6.07) is 10.3. The molecule has 0 radical (unpaired) electrons. The Morgan fingerprint density at radius 2 is 1.95 bits per heavy atom. The lowest BCUT2D eigenvalue weighted by Crippen LogP contribution is -2.09. The van der Waals surface area contributed by atoms with E-state index in [4.69, 9.17) is 9.47 Å². The summed E-state index contributed by atoms with van der Waals surface area (Å²) in [7, 11) is 1.59. The number of carbonyl (C=O) groups is 1. The van der Waals surface area contributed by atoms with E-state index in [1.165, 1.54) is 6.07 Å². The maximum Gasteiger partial charge on any atom is 0.315 e. The Bertz CT molecular complexity index is 661. The van der Waals surface area contributed by atoms with Crippen LogP contribution in [0, 0.1) is 0 Å². The van der Waals surface area contributed by atoms with Crippen LogP contribution in [0.3, 0.4) is 0 Å². The van der Waals surface area contributed by atoms with Crippen molar-refractivity contribution in [1.29, 1.82) is 0 Å². The molecular weight excluding hydrogens is 244 g/mol. The number of methoxy groups -OCH3 is 1. The standard InChI is InChI=1S/C15H12O4/c1-18-11-3-5-12-9(6-11)7-15(17)19-14-8-10(16)2-4-13(12)14/h2-6,8,16H,7H2,1H3. The quantitative estimate of drug-likeness (QED) is 0.629. The zero-order chi connectivity index (χ0) is 13.4. The number of benzene rings is 2. The van der Waals surface area contributed by atoms with Gasteiger partial charge < -0.3 is 14.6 Å². The minimum Gasteiger partial charge on any atom is -0.508 e. The normalized spacial score (nSPS) is 13.0. The van der Waals surface area contributed by atoms with Crippen molar-refractivity contribution < 1.29 is 19.4 Å². The molecule has 1 aliphatic heterocycles. The van der Waals surface area contributed by atoms with Crippen LogP contribution in [0.15, 0.2) is 36.4 Å². The van der Waals surface area contributed by atoms with Gasteiger partial charge in [-0.05, 0) is 35.4 Å². The van der Waals surface area contributed by atoms with Crippen LogP contribution in [-0.2, 0) is 11.2 Å². The molecule has 0 amide bonds. The maximum absolute atomic E-state index is 11.8. The third-order valence-corrected chi connectivity index (χ3v) is 3.13. The van der Waals surface area contributed by atoms with E-state index >= 15 is 0 Å². The van der Waals surface area contributed by atoms with Crippen LogP contribution in [-0.4, -0.2) is 18.2 Å². The van der Waals surface area contributed by atoms with E-state index in [-0.39, 0.29) is 18.1 Å². The summed E-state index contributed by atoms with van der Waals surface area (Å²) in [5, 5.41) is 9.49. The van der Waals surface area contributed by atoms with E-state index in [1.54, 1.807) is 19.2 Å². The lowest BCUT2D eigenvalue weighted by Gasteiger charge is -2.09. The van der Waals surface area contributed by atoms with Crippen LogP contribution in [0.2, 0.25) is 0 Å². The Morgan fingerprint density at radius 3 is 2.74 bits per heavy atom. The fraction of sp³-hybridized carbons (Fsp3) is 0.133. The number of phenolic OH excluding ortho intramolecular Hbond substituents is 1. The molecule has 4 heteroatoms. The molecule has 4 nitrogen and oxygen atoms in total. The number of carbonyl (C=O) groups excluding carboxylic acids is 1. The number of aromatic hydroxyl groups is 1. The number of ether oxygens (including phenoxy) is 2. The first-order chi connectivity index (χ1) is 9.17. The zero-order valence-corrected chi connectivity index (χ0v) is 10.3. The van der Waals surface area contributed by atoms with Gasteiger partial charge in [0, 0.05) is 11.6 Å². The predicted octanol–water partition coefficient (Wildman–Crippen LogP) is 2.53. The fourth-order valence-electron chi connectivity index (χ4n) is 2.24. The summed E-state index contributed by atoms with van der Waals surface area (Å²) in [4.78, 5) is 11.8. The van der Waals surface area contributed by atoms with Crippen LogP contribution >= 0.6 is 0 Å². The average molecular weight is 256 g/mol. The molecule has 0 atom stereocenters. The second kappa shape index (κ2) is 4.31. The molecule has 0 bridgehead atoms. The lowest BCUT2D eigenvalue weighted by atomic mass is 9.97. The molecule has 0 saturated heterocycles. The highest BCUT2D eigenvalue weighted by Crippen LogP contribution is 2.38. The highest BCUT2D eigenvalue weighted by Gasteiger charge is 2.21. The predicted molar refractivity (Wildman–Crippen MR) is 69.4 cm³/mol. The van der Waals surface area contributed by atoms with Crippen LogP contribution in [0.1, 0.15) is 5.56 Å². The minimum absolute atomic E-state index is 0.0727. The molecule has 0 aromatic heterocycles. The molecule has 0 aliphatic carbocycles. The molecule has 96 valence electrons. The van der Waals surface area contributed by atoms with Gasteiger partial charge in [-0.2, -0.15) is 0 Å². The largest absolute Gasteiger partial charge is 0.508 e. The van der Waals surface area contributed by atoms with Crippen molar-refractivity contribution in [3.8, 4) is 28.4 Å². The van der Waals surface area contributed by atoms with Crippen molar-refractivity contribution in [3.63, 3.8) is 0 Å². The molecule has 0 fully saturated rings. The third kappa shape index (κ3) is 2.01. The topological polar surface area (TPSA) is 55.8 Å². The highest BCUT2D eigenvalue weighted by atomic mass is 16.5. The second-order valence-electron chi connectivity index (χ2n) is 4.35. The van der Waals surface area contributed by atoms with Gasteiger partial charge in [0.15, 0.2) is 0 Å². The van der Waals surface area contributed by atoms with Gasteiger partial charge in [-0.25, -0.2) is 0 Å². The van der Waals surface area contributed by atoms with Gasteiger partial charge >= 0.3 is 5.97 Å². The van der Waals surface area contributed by atoms with Crippen LogP contribution in [0.5, 0.6) is 17.2 Å². The number of fused-ring (bicyclic) bond motifs is 3. The number of esters is 1. The van der Waals surface area contributed by atoms with Crippen molar-refractivity contribution in [3.05, 3.63) is 42.0 Å². The zero-order valence-electron chi connectivity index (χ0n) is 10.3. The first-order valence-corrected chi connectivity index (χ1v) is 5.88. The van der Waals surface area contributed by atoms with E-state index in [1.807, 2.05) is 18.2 Å². The van der Waals surface area contributed by atoms with E-state index in [9.17, 15) is 9.90 Å². The SMILES string of the molecule is COc1ccc2c(c1)CC(=O)Oc1cc(O)ccc1-2. The van der Waals surface area contributed by atoms with Gasteiger partial charge in [-0.1, -0.05) is 6.07 Å². The monoisotopic (exact) mass is 256 g/mol. The Balaban J connectivity index is 2.23. The number of hydrogen-bond acceptors (Lipinski definition) is 4. The first kappa shape index (κ1) is 11.6. The van der Waals surface area contributed by atoms with Crippen molar-refractivity contribution >= 4 is 5.97 Å². The van der Waals surface area contributed by atoms with Crippen molar-refractivity contribution in [2.24, 2.45) is 0 Å². The molecule has 2 aromatic carbocycles. The van der Waals surface area contributed by atoms with Gasteiger partial charge in [0.25, 0.3) is 0 Å². The molecule has 1 heterocycles. The molecular formula is C15H12O4. The van der Waals surface area contributed by atoms with Gasteiger partial charge in [0.2, 0.25) is 0 Å². The highest BCUT2D eigenvalue weighted by molar-refractivity contribution is 5.87. The summed E-state index contributed by atoms with van der Waals surface area (Å²) in [6.07, 6.45) is 0.183. The number of hydrogen-bond donors (Lipinski definition) is 1. The first-order valence-electron chi connectivity index (χ1n) is 5.88. The summed E-state index contributed by atoms with van der Waals surface area (Å²) < 4.78 is 10.4. The summed E-state index contributed by atoms with van der Waals surface area (Å²) in [5.41, 5.74) is 2.57. The smallest absolute Gasteiger partial charge is 0.315 e. The maximum atomic E-state index is 11.8. The van der Waals surface area contributed by atoms with Crippen molar-refractivity contribution in [2.45, 2.75) is 6.42 Å². The van der Waals surface area contributed by atoms with Gasteiger partial charge in [0.1, 0.15) is 17.2 Å². The average Bonchev–Trinajstić information content (AvgIpc) is 2.52. The van der Waals surface area contributed by atoms with E-state index in [0.29, 0.717) is 11.5 Å². The molecule has 0 unspecified atom stereocenters. The van der Waals surface area contributed by atoms with Gasteiger partial charge in [-0.3, -0.25) is 4.79 Å². The Labute approximate surface area is 110 Å². The number of phenols is 1. The van der Waals surface area contributed by atoms with Crippen LogP contribution in [0.4, 0.5) is 0 Å². The summed E-state index contributed by atoms with van der Waals surface area (Å²) in [6.45, 7) is 0. The molecule has 1 N–H and O–H groups in total. The van der Waals surface area contributed by atoms with E-state index in [0.717, 1.165) is 16.7 Å². The Morgan fingerprint density at radius 1 is 1.16 bits per heavy atom. The summed E-state index contributed by atoms with van der Waals surface area (Å²) in [5.74, 6) is 0.810. The Hall–Kier alpha value is -2.49. The molecule has 3 rings (SSSR count). The van der Waals surface area contributed by atoms with Crippen molar-refractivity contribution in [1.82, 2.24) is 0 Å². The molecule has 0 saturated carbocycles. The molecule has 2 aromatic rings. The number of rotatable bonds is 1. The molecule has 0 spiro atoms. The van der Waals surface area contributed by atoms with E-state index < -0.39 is 0 Å². The van der Waals surface area contributed by atoms with Gasteiger partial charge in [-0.15, -0.1) is 0 Å². The lowest BCUT2D eigenvalue weighted by molar-refractivity contribution is -0.133. The van der Waals surface area contributed by atoms with Gasteiger partial charge in [0.05, 0.1) is 13.5 Å². The van der Waals surface area contributed by atoms with Crippen LogP contribution < -0.4 is 9.47 Å². The van der Waals surface area contributed by atoms with Crippen molar-refractivity contribution in [2.75, 3.05) is 7.11 Å². The molecule has 1 aliphatic rings. The van der Waals surface area contributed by atoms with Crippen LogP contribution in [0.25, 0.3) is 11.1 Å². The summed E-state index contributed by atoms with van der Waals surface area (Å²) >= 11 is 0.